The smallest absolute Gasteiger partial charge is 0.427 e. The van der Waals surface area contributed by atoms with Gasteiger partial charge in [0.15, 0.2) is 0 Å². The van der Waals surface area contributed by atoms with Crippen molar-refractivity contribution in [2.45, 2.75) is 59.1 Å². The molecule has 1 aromatic carbocycles. The normalized spacial score (nSPS) is 14.9. The maximum Gasteiger partial charge on any atom is 0.528 e. The van der Waals surface area contributed by atoms with Crippen molar-refractivity contribution in [3.8, 4) is 6.07 Å². The van der Waals surface area contributed by atoms with Crippen LogP contribution in [-0.4, -0.2) is 29.3 Å². The highest BCUT2D eigenvalue weighted by atomic mass is 32.1. The standard InChI is InChI=1S/C24H29N3O4S/c1-15(2)20(16-9-7-6-8-10-16)21(28)26-22-18(13-25)17-11-12-27(14-19(17)32-22)31-23(29)30-24(3,4)5/h6-10,15,20H,11-12,14H2,1-5H3,(H,26,28). The monoisotopic (exact) mass is 455 g/mol. The fourth-order valence-corrected chi connectivity index (χ4v) is 4.93. The third-order valence-corrected chi connectivity index (χ3v) is 6.20. The number of nitrogens with zero attached hydrogens (tertiary/aromatic N) is 2. The van der Waals surface area contributed by atoms with Gasteiger partial charge in [-0.15, -0.1) is 16.4 Å². The first-order valence-corrected chi connectivity index (χ1v) is 11.5. The Balaban J connectivity index is 1.76. The molecule has 1 aliphatic rings. The van der Waals surface area contributed by atoms with Crippen LogP contribution in [0.1, 0.15) is 62.1 Å². The maximum atomic E-state index is 13.2. The molecule has 1 atom stereocenters. The van der Waals surface area contributed by atoms with Gasteiger partial charge in [-0.25, -0.2) is 4.79 Å². The molecule has 1 aromatic heterocycles. The lowest BCUT2D eigenvalue weighted by atomic mass is 9.87. The number of amides is 1. The van der Waals surface area contributed by atoms with E-state index in [4.69, 9.17) is 9.57 Å². The Morgan fingerprint density at radius 1 is 1.22 bits per heavy atom. The molecule has 0 saturated heterocycles. The molecule has 0 radical (unpaired) electrons. The Hall–Kier alpha value is -2.89. The molecule has 0 fully saturated rings. The predicted octanol–water partition coefficient (Wildman–Crippen LogP) is 5.22. The second kappa shape index (κ2) is 9.72. The molecule has 0 saturated carbocycles. The van der Waals surface area contributed by atoms with Crippen molar-refractivity contribution in [1.29, 1.82) is 5.26 Å². The Labute approximate surface area is 192 Å². The minimum Gasteiger partial charge on any atom is -0.427 e. The molecule has 1 unspecified atom stereocenters. The van der Waals surface area contributed by atoms with E-state index in [9.17, 15) is 14.9 Å². The summed E-state index contributed by atoms with van der Waals surface area (Å²) in [5.74, 6) is -0.368. The quantitative estimate of drug-likeness (QED) is 0.621. The first kappa shape index (κ1) is 23.8. The number of thiophene rings is 1. The van der Waals surface area contributed by atoms with Gasteiger partial charge in [-0.3, -0.25) is 4.79 Å². The molecule has 2 heterocycles. The van der Waals surface area contributed by atoms with Crippen LogP contribution in [0.3, 0.4) is 0 Å². The number of benzene rings is 1. The summed E-state index contributed by atoms with van der Waals surface area (Å²) in [7, 11) is 0. The number of ether oxygens (including phenoxy) is 1. The van der Waals surface area contributed by atoms with Crippen LogP contribution in [0.4, 0.5) is 9.80 Å². The molecule has 0 bridgehead atoms. The second-order valence-corrected chi connectivity index (χ2v) is 10.2. The summed E-state index contributed by atoms with van der Waals surface area (Å²) in [6.45, 7) is 10.1. The van der Waals surface area contributed by atoms with Crippen LogP contribution < -0.4 is 5.32 Å². The van der Waals surface area contributed by atoms with Crippen LogP contribution in [0.2, 0.25) is 0 Å². The number of rotatable bonds is 5. The zero-order valence-electron chi connectivity index (χ0n) is 19.1. The summed E-state index contributed by atoms with van der Waals surface area (Å²) >= 11 is 1.35. The highest BCUT2D eigenvalue weighted by Gasteiger charge is 2.30. The van der Waals surface area contributed by atoms with Crippen molar-refractivity contribution in [1.82, 2.24) is 5.06 Å². The van der Waals surface area contributed by atoms with Gasteiger partial charge in [0.2, 0.25) is 5.91 Å². The largest absolute Gasteiger partial charge is 0.528 e. The van der Waals surface area contributed by atoms with Gasteiger partial charge in [0, 0.05) is 11.4 Å². The first-order valence-electron chi connectivity index (χ1n) is 10.7. The molecule has 170 valence electrons. The van der Waals surface area contributed by atoms with Gasteiger partial charge in [-0.05, 0) is 44.2 Å². The molecule has 32 heavy (non-hydrogen) atoms. The van der Waals surface area contributed by atoms with Crippen molar-refractivity contribution < 1.29 is 19.2 Å². The third-order valence-electron chi connectivity index (χ3n) is 5.07. The van der Waals surface area contributed by atoms with Crippen molar-refractivity contribution in [3.05, 3.63) is 51.9 Å². The number of hydrogen-bond acceptors (Lipinski definition) is 7. The second-order valence-electron chi connectivity index (χ2n) is 9.11. The number of nitriles is 1. The van der Waals surface area contributed by atoms with Crippen molar-refractivity contribution in [2.24, 2.45) is 5.92 Å². The van der Waals surface area contributed by atoms with E-state index in [1.54, 1.807) is 20.8 Å². The fraction of sp³-hybridized carbons (Fsp3) is 0.458. The number of nitrogens with one attached hydrogen (secondary N) is 1. The summed E-state index contributed by atoms with van der Waals surface area (Å²) < 4.78 is 5.21. The van der Waals surface area contributed by atoms with E-state index in [-0.39, 0.29) is 17.7 Å². The highest BCUT2D eigenvalue weighted by molar-refractivity contribution is 7.16. The van der Waals surface area contributed by atoms with Crippen LogP contribution in [0.5, 0.6) is 0 Å². The predicted molar refractivity (Wildman–Crippen MR) is 123 cm³/mol. The average Bonchev–Trinajstić information content (AvgIpc) is 3.03. The van der Waals surface area contributed by atoms with E-state index in [2.05, 4.69) is 11.4 Å². The molecule has 3 rings (SSSR count). The molecule has 1 N–H and O–H groups in total. The zero-order chi connectivity index (χ0) is 23.5. The van der Waals surface area contributed by atoms with Crippen LogP contribution in [0, 0.1) is 17.2 Å². The fourth-order valence-electron chi connectivity index (χ4n) is 3.73. The Morgan fingerprint density at radius 3 is 2.50 bits per heavy atom. The van der Waals surface area contributed by atoms with Gasteiger partial charge in [-0.1, -0.05) is 44.2 Å². The minimum atomic E-state index is -0.755. The molecule has 8 heteroatoms. The van der Waals surface area contributed by atoms with E-state index in [1.165, 1.54) is 16.4 Å². The number of carbonyl (C=O) groups is 2. The molecular formula is C24H29N3O4S. The molecule has 1 aliphatic heterocycles. The van der Waals surface area contributed by atoms with E-state index >= 15 is 0 Å². The molecular weight excluding hydrogens is 426 g/mol. The number of hydrogen-bond donors (Lipinski definition) is 1. The summed E-state index contributed by atoms with van der Waals surface area (Å²) in [4.78, 5) is 31.4. The van der Waals surface area contributed by atoms with Gasteiger partial charge in [0.1, 0.15) is 16.7 Å². The first-order chi connectivity index (χ1) is 15.1. The van der Waals surface area contributed by atoms with E-state index in [0.717, 1.165) is 16.0 Å². The summed E-state index contributed by atoms with van der Waals surface area (Å²) in [5.41, 5.74) is 1.69. The lowest BCUT2D eigenvalue weighted by Gasteiger charge is -2.26. The van der Waals surface area contributed by atoms with E-state index in [1.807, 2.05) is 44.2 Å². The zero-order valence-corrected chi connectivity index (χ0v) is 19.9. The number of anilines is 1. The molecule has 7 nitrogen and oxygen atoms in total. The van der Waals surface area contributed by atoms with Crippen LogP contribution in [0.15, 0.2) is 30.3 Å². The van der Waals surface area contributed by atoms with E-state index < -0.39 is 11.8 Å². The van der Waals surface area contributed by atoms with Crippen molar-refractivity contribution in [2.75, 3.05) is 11.9 Å². The Morgan fingerprint density at radius 2 is 1.91 bits per heavy atom. The van der Waals surface area contributed by atoms with Crippen molar-refractivity contribution >= 4 is 28.4 Å². The molecule has 1 amide bonds. The summed E-state index contributed by atoms with van der Waals surface area (Å²) in [6.07, 6.45) is -0.214. The number of carbonyl (C=O) groups excluding carboxylic acids is 2. The van der Waals surface area contributed by atoms with Gasteiger partial charge in [-0.2, -0.15) is 5.26 Å². The van der Waals surface area contributed by atoms with E-state index in [0.29, 0.717) is 30.1 Å². The number of fused-ring (bicyclic) bond motifs is 1. The summed E-state index contributed by atoms with van der Waals surface area (Å²) in [6, 6.07) is 11.9. The van der Waals surface area contributed by atoms with Crippen molar-refractivity contribution in [3.63, 3.8) is 0 Å². The SMILES string of the molecule is CC(C)C(C(=O)Nc1sc2c(c1C#N)CCN(OC(=O)OC(C)(C)C)C2)c1ccccc1. The Bertz CT molecular complexity index is 1020. The molecule has 0 aliphatic carbocycles. The topological polar surface area (TPSA) is 91.7 Å². The summed E-state index contributed by atoms with van der Waals surface area (Å²) in [5, 5.41) is 14.8. The van der Waals surface area contributed by atoms with Gasteiger partial charge in [0.25, 0.3) is 0 Å². The molecule has 0 spiro atoms. The third kappa shape index (κ3) is 5.67. The maximum absolute atomic E-state index is 13.2. The van der Waals surface area contributed by atoms with Crippen LogP contribution in [-0.2, 0) is 27.3 Å². The molecule has 2 aromatic rings. The Kier molecular flexibility index (Phi) is 7.22. The highest BCUT2D eigenvalue weighted by Crippen LogP contribution is 2.38. The van der Waals surface area contributed by atoms with Crippen LogP contribution >= 0.6 is 11.3 Å². The number of hydroxylamine groups is 2. The van der Waals surface area contributed by atoms with Gasteiger partial charge in [0.05, 0.1) is 18.0 Å². The van der Waals surface area contributed by atoms with Gasteiger partial charge >= 0.3 is 6.16 Å². The minimum absolute atomic E-state index is 0.0928. The lowest BCUT2D eigenvalue weighted by Crippen LogP contribution is -2.35. The average molecular weight is 456 g/mol. The van der Waals surface area contributed by atoms with Gasteiger partial charge < -0.3 is 14.9 Å². The lowest BCUT2D eigenvalue weighted by molar-refractivity contribution is -0.150. The van der Waals surface area contributed by atoms with Crippen LogP contribution in [0.25, 0.3) is 0 Å².